The molecule has 4 nitrogen and oxygen atoms in total. The number of hydrogen-bond donors (Lipinski definition) is 0. The molecule has 148 valence electrons. The van der Waals surface area contributed by atoms with Gasteiger partial charge in [-0.1, -0.05) is 47.1 Å². The Bertz CT molecular complexity index is 1070. The first kappa shape index (κ1) is 19.7. The van der Waals surface area contributed by atoms with Crippen LogP contribution in [0.2, 0.25) is 5.02 Å². The first-order valence-electron chi connectivity index (χ1n) is 8.95. The van der Waals surface area contributed by atoms with Crippen LogP contribution in [0.1, 0.15) is 16.7 Å². The summed E-state index contributed by atoms with van der Waals surface area (Å²) in [5.74, 6) is 0.357. The number of sulfone groups is 1. The van der Waals surface area contributed by atoms with Gasteiger partial charge in [0.05, 0.1) is 23.6 Å². The quantitative estimate of drug-likeness (QED) is 0.713. The van der Waals surface area contributed by atoms with E-state index in [0.29, 0.717) is 10.8 Å². The maximum atomic E-state index is 13.3. The molecule has 0 spiro atoms. The van der Waals surface area contributed by atoms with Crippen LogP contribution in [0.4, 0.5) is 10.1 Å². The highest BCUT2D eigenvalue weighted by molar-refractivity contribution is 8.13. The van der Waals surface area contributed by atoms with E-state index in [-0.39, 0.29) is 29.4 Å². The highest BCUT2D eigenvalue weighted by Gasteiger charge is 2.47. The molecule has 2 atom stereocenters. The third kappa shape index (κ3) is 3.80. The molecule has 8 heteroatoms. The van der Waals surface area contributed by atoms with E-state index in [1.807, 2.05) is 26.0 Å². The van der Waals surface area contributed by atoms with Crippen LogP contribution in [0, 0.1) is 19.7 Å². The normalized spacial score (nSPS) is 23.0. The summed E-state index contributed by atoms with van der Waals surface area (Å²) < 4.78 is 37.6. The minimum Gasteiger partial charge on any atom is -0.315 e. The van der Waals surface area contributed by atoms with Gasteiger partial charge in [-0.05, 0) is 43.2 Å². The monoisotopic (exact) mass is 438 g/mol. The lowest BCUT2D eigenvalue weighted by molar-refractivity contribution is 0.601. The Morgan fingerprint density at radius 1 is 1.21 bits per heavy atom. The van der Waals surface area contributed by atoms with E-state index in [9.17, 15) is 12.8 Å². The van der Waals surface area contributed by atoms with Crippen molar-refractivity contribution >= 4 is 44.1 Å². The summed E-state index contributed by atoms with van der Waals surface area (Å²) in [5, 5.41) is 1.17. The minimum absolute atomic E-state index is 0.0838. The van der Waals surface area contributed by atoms with Gasteiger partial charge in [0.25, 0.3) is 0 Å². The van der Waals surface area contributed by atoms with Crippen molar-refractivity contribution in [2.75, 3.05) is 16.4 Å². The highest BCUT2D eigenvalue weighted by atomic mass is 35.5. The zero-order chi connectivity index (χ0) is 20.1. The molecule has 2 aromatic carbocycles. The Morgan fingerprint density at radius 2 is 2.00 bits per heavy atom. The molecular weight excluding hydrogens is 419 g/mol. The Balaban J connectivity index is 1.65. The molecule has 0 radical (unpaired) electrons. The fraction of sp³-hybridized carbons (Fsp3) is 0.350. The summed E-state index contributed by atoms with van der Waals surface area (Å²) in [4.78, 5) is 6.80. The molecule has 2 heterocycles. The summed E-state index contributed by atoms with van der Waals surface area (Å²) in [5.41, 5.74) is 4.03. The summed E-state index contributed by atoms with van der Waals surface area (Å²) in [6, 6.07) is 10.1. The standard InChI is InChI=1S/C20H20ClFN2O2S2/c1-12-3-6-18(13(2)7-12)24-19-11-28(25,26)10-17(19)23-20(24)27-9-14-4-5-15(22)8-16(14)21/h3-8,17,19H,9-11H2,1-2H3/t17-,19-/m0/s1. The van der Waals surface area contributed by atoms with Gasteiger partial charge >= 0.3 is 0 Å². The van der Waals surface area contributed by atoms with Gasteiger partial charge in [0.15, 0.2) is 15.0 Å². The number of aliphatic imine (C=N–C) groups is 1. The molecule has 2 aromatic rings. The number of nitrogens with zero attached hydrogens (tertiary/aromatic N) is 2. The first-order valence-corrected chi connectivity index (χ1v) is 12.1. The van der Waals surface area contributed by atoms with Crippen molar-refractivity contribution in [1.82, 2.24) is 0 Å². The molecule has 4 rings (SSSR count). The number of thioether (sulfide) groups is 1. The molecule has 0 amide bonds. The van der Waals surface area contributed by atoms with Crippen molar-refractivity contribution in [3.8, 4) is 0 Å². The van der Waals surface area contributed by atoms with Gasteiger partial charge in [-0.15, -0.1) is 0 Å². The van der Waals surface area contributed by atoms with Crippen LogP contribution in [0.25, 0.3) is 0 Å². The van der Waals surface area contributed by atoms with Gasteiger partial charge in [-0.2, -0.15) is 0 Å². The average molecular weight is 439 g/mol. The number of fused-ring (bicyclic) bond motifs is 1. The molecular formula is C20H20ClFN2O2S2. The number of hydrogen-bond acceptors (Lipinski definition) is 5. The van der Waals surface area contributed by atoms with E-state index in [4.69, 9.17) is 16.6 Å². The van der Waals surface area contributed by atoms with Crippen molar-refractivity contribution in [3.63, 3.8) is 0 Å². The third-order valence-electron chi connectivity index (χ3n) is 5.09. The largest absolute Gasteiger partial charge is 0.315 e. The van der Waals surface area contributed by atoms with Crippen LogP contribution >= 0.6 is 23.4 Å². The smallest absolute Gasteiger partial charge is 0.164 e. The lowest BCUT2D eigenvalue weighted by atomic mass is 10.1. The first-order chi connectivity index (χ1) is 13.2. The maximum absolute atomic E-state index is 13.3. The Hall–Kier alpha value is -1.57. The van der Waals surface area contributed by atoms with Crippen LogP contribution in [-0.2, 0) is 15.6 Å². The fourth-order valence-electron chi connectivity index (χ4n) is 3.77. The van der Waals surface area contributed by atoms with E-state index < -0.39 is 9.84 Å². The van der Waals surface area contributed by atoms with E-state index in [2.05, 4.69) is 11.0 Å². The average Bonchev–Trinajstić information content (AvgIpc) is 3.06. The Morgan fingerprint density at radius 3 is 2.71 bits per heavy atom. The van der Waals surface area contributed by atoms with Crippen LogP contribution in [0.3, 0.4) is 0 Å². The fourth-order valence-corrected chi connectivity index (χ4v) is 7.05. The zero-order valence-corrected chi connectivity index (χ0v) is 17.9. The van der Waals surface area contributed by atoms with Gasteiger partial charge < -0.3 is 4.90 Å². The highest BCUT2D eigenvalue weighted by Crippen LogP contribution is 2.38. The van der Waals surface area contributed by atoms with Gasteiger partial charge in [-0.25, -0.2) is 12.8 Å². The zero-order valence-electron chi connectivity index (χ0n) is 15.5. The molecule has 1 saturated heterocycles. The number of anilines is 1. The molecule has 0 bridgehead atoms. The number of halogens is 2. The SMILES string of the molecule is Cc1ccc(N2C(SCc3ccc(F)cc3Cl)=N[C@H]3CS(=O)(=O)C[C@@H]32)c(C)c1. The predicted molar refractivity (Wildman–Crippen MR) is 115 cm³/mol. The van der Waals surface area contributed by atoms with E-state index in [1.165, 1.54) is 23.9 Å². The van der Waals surface area contributed by atoms with Crippen molar-refractivity contribution in [2.45, 2.75) is 31.7 Å². The maximum Gasteiger partial charge on any atom is 0.164 e. The van der Waals surface area contributed by atoms with Crippen molar-refractivity contribution < 1.29 is 12.8 Å². The Kier molecular flexibility index (Phi) is 5.18. The summed E-state index contributed by atoms with van der Waals surface area (Å²) in [7, 11) is -3.09. The van der Waals surface area contributed by atoms with Gasteiger partial charge in [-0.3, -0.25) is 4.99 Å². The molecule has 0 N–H and O–H groups in total. The van der Waals surface area contributed by atoms with E-state index >= 15 is 0 Å². The van der Waals surface area contributed by atoms with Crippen molar-refractivity contribution in [2.24, 2.45) is 4.99 Å². The van der Waals surface area contributed by atoms with Crippen LogP contribution in [0.15, 0.2) is 41.4 Å². The summed E-state index contributed by atoms with van der Waals surface area (Å²) in [6.07, 6.45) is 0. The third-order valence-corrected chi connectivity index (χ3v) is 8.16. The van der Waals surface area contributed by atoms with Crippen molar-refractivity contribution in [1.29, 1.82) is 0 Å². The molecule has 0 unspecified atom stereocenters. The second-order valence-electron chi connectivity index (χ2n) is 7.31. The second-order valence-corrected chi connectivity index (χ2v) is 10.8. The molecule has 0 aromatic heterocycles. The molecule has 0 saturated carbocycles. The summed E-state index contributed by atoms with van der Waals surface area (Å²) in [6.45, 7) is 4.06. The topological polar surface area (TPSA) is 49.7 Å². The lowest BCUT2D eigenvalue weighted by Gasteiger charge is -2.28. The van der Waals surface area contributed by atoms with Crippen LogP contribution in [-0.4, -0.2) is 37.2 Å². The summed E-state index contributed by atoms with van der Waals surface area (Å²) >= 11 is 7.66. The van der Waals surface area contributed by atoms with E-state index in [1.54, 1.807) is 6.07 Å². The van der Waals surface area contributed by atoms with Crippen molar-refractivity contribution in [3.05, 3.63) is 63.9 Å². The van der Waals surface area contributed by atoms with E-state index in [0.717, 1.165) is 27.5 Å². The van der Waals surface area contributed by atoms with Gasteiger partial charge in [0, 0.05) is 16.5 Å². The second kappa shape index (κ2) is 7.35. The number of aryl methyl sites for hydroxylation is 2. The molecule has 0 aliphatic carbocycles. The van der Waals surface area contributed by atoms with Crippen LogP contribution < -0.4 is 4.90 Å². The predicted octanol–water partition coefficient (Wildman–Crippen LogP) is 4.37. The number of amidine groups is 1. The van der Waals surface area contributed by atoms with Gasteiger partial charge in [0.2, 0.25) is 0 Å². The van der Waals surface area contributed by atoms with Gasteiger partial charge in [0.1, 0.15) is 5.82 Å². The number of rotatable bonds is 3. The molecule has 1 fully saturated rings. The molecule has 28 heavy (non-hydrogen) atoms. The lowest BCUT2D eigenvalue weighted by Crippen LogP contribution is -2.39. The Labute approximate surface area is 173 Å². The van der Waals surface area contributed by atoms with Crippen LogP contribution in [0.5, 0.6) is 0 Å². The number of benzene rings is 2. The molecule has 2 aliphatic rings. The minimum atomic E-state index is -3.09. The molecule has 2 aliphatic heterocycles.